The van der Waals surface area contributed by atoms with Gasteiger partial charge in [0.1, 0.15) is 12.2 Å². The van der Waals surface area contributed by atoms with Gasteiger partial charge in [-0.15, -0.1) is 0 Å². The second-order valence-electron chi connectivity index (χ2n) is 24.7. The lowest BCUT2D eigenvalue weighted by atomic mass is 9.78. The molecule has 8 aliphatic rings. The van der Waals surface area contributed by atoms with E-state index in [1.807, 2.05) is 24.3 Å². The Hall–Kier alpha value is -3.64. The van der Waals surface area contributed by atoms with Crippen LogP contribution in [0.25, 0.3) is 0 Å². The summed E-state index contributed by atoms with van der Waals surface area (Å²) >= 11 is 0. The third kappa shape index (κ3) is 14.7. The lowest BCUT2D eigenvalue weighted by molar-refractivity contribution is -0.224. The number of benzene rings is 4. The largest absolute Gasteiger partial charge is 0.379 e. The van der Waals surface area contributed by atoms with Gasteiger partial charge in [0, 0.05) is 43.5 Å². The Labute approximate surface area is 481 Å². The molecule has 19 atom stereocenters. The second-order valence-corrected chi connectivity index (χ2v) is 24.7. The van der Waals surface area contributed by atoms with Gasteiger partial charge in [0.25, 0.3) is 0 Å². The minimum absolute atomic E-state index is 0.170. The van der Waals surface area contributed by atoms with Gasteiger partial charge in [-0.2, -0.15) is 0 Å². The molecule has 8 bridgehead atoms. The standard InChI is InChI=1S/C68H90O13/c69-68(77-36-32-53-57(65-28-24-61(53)81-65)44-74-40-49-19-11-4-12-20-49)67(76-35-31-52-56(64-27-23-60(52)80-64)43-73-39-48-17-9-3-10-18-48)66(75-34-30-51-55(63-26-22-59(51)79-63)42-72-38-47-15-7-2-8-16-47)45-70-33-29-50-54(62-25-21-58(50)78-62)41-71-37-46-13-5-1-6-14-46/h1-20,50-69H,21-45H2. The number of fused-ring (bicyclic) bond motifs is 8. The number of ether oxygens (including phenoxy) is 12. The summed E-state index contributed by atoms with van der Waals surface area (Å²) in [6.45, 7) is 6.91. The molecule has 4 aromatic carbocycles. The fourth-order valence-corrected chi connectivity index (χ4v) is 15.7. The van der Waals surface area contributed by atoms with Crippen LogP contribution < -0.4 is 0 Å². The fraction of sp³-hybridized carbons (Fsp3) is 0.647. The van der Waals surface area contributed by atoms with E-state index >= 15 is 0 Å². The Kier molecular flexibility index (Phi) is 20.7. The first-order chi connectivity index (χ1) is 40.1. The average molecular weight is 1120 g/mol. The van der Waals surface area contributed by atoms with Gasteiger partial charge in [-0.25, -0.2) is 0 Å². The zero-order chi connectivity index (χ0) is 54.6. The van der Waals surface area contributed by atoms with E-state index in [1.54, 1.807) is 0 Å². The van der Waals surface area contributed by atoms with Crippen molar-refractivity contribution in [2.75, 3.05) is 59.5 Å². The van der Waals surface area contributed by atoms with Gasteiger partial charge in [0.15, 0.2) is 6.29 Å². The van der Waals surface area contributed by atoms with Gasteiger partial charge in [0.2, 0.25) is 0 Å². The summed E-state index contributed by atoms with van der Waals surface area (Å²) in [7, 11) is 0. The molecular formula is C68H90O13. The predicted molar refractivity (Wildman–Crippen MR) is 305 cm³/mol. The highest BCUT2D eigenvalue weighted by atomic mass is 16.6. The molecule has 0 amide bonds. The van der Waals surface area contributed by atoms with Crippen molar-refractivity contribution in [1.29, 1.82) is 0 Å². The molecule has 1 N–H and O–H groups in total. The number of hydrogen-bond donors (Lipinski definition) is 1. The minimum atomic E-state index is -1.26. The molecule has 0 aliphatic carbocycles. The van der Waals surface area contributed by atoms with Crippen molar-refractivity contribution >= 4 is 0 Å². The zero-order valence-corrected chi connectivity index (χ0v) is 47.5. The average Bonchev–Trinajstić information content (AvgIpc) is 4.45. The van der Waals surface area contributed by atoms with Crippen molar-refractivity contribution in [3.63, 3.8) is 0 Å². The first kappa shape index (κ1) is 57.8. The molecule has 8 heterocycles. The maximum absolute atomic E-state index is 12.5. The van der Waals surface area contributed by atoms with Crippen LogP contribution in [0.15, 0.2) is 121 Å². The van der Waals surface area contributed by atoms with E-state index in [1.165, 1.54) is 22.3 Å². The highest BCUT2D eigenvalue weighted by Gasteiger charge is 2.52. The number of aliphatic hydroxyl groups excluding tert-OH is 1. The maximum Gasteiger partial charge on any atom is 0.183 e. The van der Waals surface area contributed by atoms with Crippen LogP contribution in [0.4, 0.5) is 0 Å². The first-order valence-corrected chi connectivity index (χ1v) is 31.3. The highest BCUT2D eigenvalue weighted by molar-refractivity contribution is 5.16. The number of aliphatic hydroxyl groups is 1. The zero-order valence-electron chi connectivity index (χ0n) is 47.5. The Morgan fingerprint density at radius 3 is 0.951 bits per heavy atom. The lowest BCUT2D eigenvalue weighted by Crippen LogP contribution is -2.46. The molecule has 13 nitrogen and oxygen atoms in total. The molecule has 13 heteroatoms. The summed E-state index contributed by atoms with van der Waals surface area (Å²) in [4.78, 5) is 0. The predicted octanol–water partition coefficient (Wildman–Crippen LogP) is 10.7. The summed E-state index contributed by atoms with van der Waals surface area (Å²) in [5.74, 6) is 2.35. The van der Waals surface area contributed by atoms with Crippen LogP contribution in [-0.2, 0) is 83.3 Å². The van der Waals surface area contributed by atoms with Crippen molar-refractivity contribution < 1.29 is 61.9 Å². The smallest absolute Gasteiger partial charge is 0.183 e. The van der Waals surface area contributed by atoms with Gasteiger partial charge in [-0.1, -0.05) is 121 Å². The lowest BCUT2D eigenvalue weighted by Gasteiger charge is -2.34. The third-order valence-corrected chi connectivity index (χ3v) is 19.9. The van der Waals surface area contributed by atoms with Crippen LogP contribution in [0.2, 0.25) is 0 Å². The molecule has 4 aromatic rings. The van der Waals surface area contributed by atoms with Gasteiger partial charge < -0.3 is 61.9 Å². The van der Waals surface area contributed by atoms with Crippen LogP contribution in [-0.4, -0.2) is 132 Å². The first-order valence-electron chi connectivity index (χ1n) is 31.3. The number of rotatable bonds is 35. The monoisotopic (exact) mass is 1110 g/mol. The van der Waals surface area contributed by atoms with Crippen molar-refractivity contribution in [1.82, 2.24) is 0 Å². The molecule has 0 radical (unpaired) electrons. The molecule has 0 spiro atoms. The van der Waals surface area contributed by atoms with Gasteiger partial charge in [-0.05, 0) is 123 Å². The Balaban J connectivity index is 0.724. The van der Waals surface area contributed by atoms with Crippen LogP contribution >= 0.6 is 0 Å². The van der Waals surface area contributed by atoms with E-state index < -0.39 is 18.5 Å². The van der Waals surface area contributed by atoms with E-state index in [-0.39, 0.29) is 85.0 Å². The minimum Gasteiger partial charge on any atom is -0.379 e. The van der Waals surface area contributed by atoms with Crippen molar-refractivity contribution in [3.05, 3.63) is 144 Å². The van der Waals surface area contributed by atoms with Gasteiger partial charge in [-0.3, -0.25) is 0 Å². The Bertz CT molecular complexity index is 2440. The SMILES string of the molecule is OC(OCCC1C2CCC(O2)C1COCc1ccccc1)C(OCCC1C2CCC(O2)C1COCc1ccccc1)C(COCCC1C2CCC(O2)C1COCc1ccccc1)OCCC1C2CCC(O2)C1COCc1ccccc1. The van der Waals surface area contributed by atoms with Crippen molar-refractivity contribution in [3.8, 4) is 0 Å². The molecule has 0 saturated carbocycles. The summed E-state index contributed by atoms with van der Waals surface area (Å²) in [6.07, 6.45) is 10.5. The molecule has 8 fully saturated rings. The van der Waals surface area contributed by atoms with E-state index in [9.17, 15) is 5.11 Å². The molecule has 8 saturated heterocycles. The quantitative estimate of drug-likeness (QED) is 0.0347. The van der Waals surface area contributed by atoms with Gasteiger partial charge in [0.05, 0.1) is 115 Å². The van der Waals surface area contributed by atoms with E-state index in [4.69, 9.17) is 56.8 Å². The van der Waals surface area contributed by atoms with Crippen molar-refractivity contribution in [2.24, 2.45) is 47.3 Å². The van der Waals surface area contributed by atoms with Crippen LogP contribution in [0, 0.1) is 47.3 Å². The van der Waals surface area contributed by atoms with Gasteiger partial charge >= 0.3 is 0 Å². The topological polar surface area (TPSA) is 131 Å². The molecule has 12 rings (SSSR count). The summed E-state index contributed by atoms with van der Waals surface area (Å²) in [6, 6.07) is 41.5. The summed E-state index contributed by atoms with van der Waals surface area (Å²) in [5.41, 5.74) is 4.69. The molecule has 81 heavy (non-hydrogen) atoms. The van der Waals surface area contributed by atoms with Crippen LogP contribution in [0.5, 0.6) is 0 Å². The van der Waals surface area contributed by atoms with Crippen LogP contribution in [0.1, 0.15) is 99.3 Å². The molecule has 0 aromatic heterocycles. The fourth-order valence-electron chi connectivity index (χ4n) is 15.7. The van der Waals surface area contributed by atoms with E-state index in [0.29, 0.717) is 97.0 Å². The van der Waals surface area contributed by atoms with Crippen LogP contribution in [0.3, 0.4) is 0 Å². The van der Waals surface area contributed by atoms with E-state index in [0.717, 1.165) is 77.0 Å². The summed E-state index contributed by atoms with van der Waals surface area (Å²) in [5, 5.41) is 12.5. The maximum atomic E-state index is 12.5. The third-order valence-electron chi connectivity index (χ3n) is 19.9. The normalized spacial score (nSPS) is 33.5. The molecular weight excluding hydrogens is 1020 g/mol. The van der Waals surface area contributed by atoms with Crippen molar-refractivity contribution in [2.45, 2.75) is 171 Å². The Morgan fingerprint density at radius 2 is 0.617 bits per heavy atom. The molecule has 8 aliphatic heterocycles. The second kappa shape index (κ2) is 29.0. The molecule has 19 unspecified atom stereocenters. The molecule has 440 valence electrons. The number of hydrogen-bond acceptors (Lipinski definition) is 13. The van der Waals surface area contributed by atoms with E-state index in [2.05, 4.69) is 97.1 Å². The summed E-state index contributed by atoms with van der Waals surface area (Å²) < 4.78 is 79.0. The Morgan fingerprint density at radius 1 is 0.333 bits per heavy atom. The highest BCUT2D eigenvalue weighted by Crippen LogP contribution is 2.49.